The van der Waals surface area contributed by atoms with Crippen molar-refractivity contribution < 1.29 is 9.26 Å². The van der Waals surface area contributed by atoms with Gasteiger partial charge in [-0.05, 0) is 38.5 Å². The molecule has 118 valence electrons. The predicted octanol–water partition coefficient (Wildman–Crippen LogP) is 2.11. The van der Waals surface area contributed by atoms with Gasteiger partial charge in [-0.3, -0.25) is 0 Å². The molecule has 1 fully saturated rings. The summed E-state index contributed by atoms with van der Waals surface area (Å²) in [6.45, 7) is 0.737. The second kappa shape index (κ2) is 5.46. The van der Waals surface area contributed by atoms with Crippen LogP contribution in [0.1, 0.15) is 67.5 Å². The van der Waals surface area contributed by atoms with E-state index in [1.807, 2.05) is 0 Å². The third kappa shape index (κ3) is 2.15. The van der Waals surface area contributed by atoms with Crippen LogP contribution in [0.15, 0.2) is 4.52 Å². The van der Waals surface area contributed by atoms with Crippen molar-refractivity contribution >= 4 is 0 Å². The van der Waals surface area contributed by atoms with Crippen LogP contribution >= 0.6 is 0 Å². The number of H-pyrrole nitrogens is 1. The number of hydrogen-bond donors (Lipinski definition) is 1. The van der Waals surface area contributed by atoms with E-state index in [1.54, 1.807) is 7.11 Å². The van der Waals surface area contributed by atoms with Crippen molar-refractivity contribution in [2.24, 2.45) is 0 Å². The summed E-state index contributed by atoms with van der Waals surface area (Å²) in [7, 11) is 1.74. The molecule has 2 aromatic heterocycles. The number of nitrogens with one attached hydrogen (secondary N) is 1. The van der Waals surface area contributed by atoms with Gasteiger partial charge >= 0.3 is 0 Å². The number of aromatic nitrogens is 5. The summed E-state index contributed by atoms with van der Waals surface area (Å²) in [5.41, 5.74) is 2.06. The number of hydrogen-bond acceptors (Lipinski definition) is 6. The highest BCUT2D eigenvalue weighted by molar-refractivity contribution is 5.24. The maximum atomic E-state index is 5.61. The molecule has 1 saturated carbocycles. The molecule has 4 rings (SSSR count). The Hall–Kier alpha value is -1.76. The second-order valence-corrected chi connectivity index (χ2v) is 6.43. The van der Waals surface area contributed by atoms with Crippen LogP contribution in [0, 0.1) is 0 Å². The first-order valence-electron chi connectivity index (χ1n) is 8.05. The molecule has 7 heteroatoms. The van der Waals surface area contributed by atoms with Crippen molar-refractivity contribution in [3.63, 3.8) is 0 Å². The number of ether oxygens (including phenoxy) is 1. The number of fused-ring (bicyclic) bond motifs is 1. The quantitative estimate of drug-likeness (QED) is 0.910. The van der Waals surface area contributed by atoms with E-state index in [0.29, 0.717) is 5.89 Å². The molecule has 1 unspecified atom stereocenters. The SMILES string of the molecule is COCCC1(c2noc(C3CCCc4n[nH]nc43)n2)CCC1. The number of aromatic amines is 1. The van der Waals surface area contributed by atoms with E-state index in [-0.39, 0.29) is 11.3 Å². The van der Waals surface area contributed by atoms with Crippen LogP contribution in [0.2, 0.25) is 0 Å². The highest BCUT2D eigenvalue weighted by Crippen LogP contribution is 2.46. The molecule has 0 aromatic carbocycles. The second-order valence-electron chi connectivity index (χ2n) is 6.43. The third-order valence-corrected chi connectivity index (χ3v) is 5.20. The molecule has 0 radical (unpaired) electrons. The maximum Gasteiger partial charge on any atom is 0.235 e. The minimum absolute atomic E-state index is 0.0546. The van der Waals surface area contributed by atoms with Crippen molar-refractivity contribution in [2.75, 3.05) is 13.7 Å². The van der Waals surface area contributed by atoms with Crippen LogP contribution in [0.5, 0.6) is 0 Å². The Balaban J connectivity index is 1.60. The molecular formula is C15H21N5O2. The Kier molecular flexibility index (Phi) is 3.44. The minimum atomic E-state index is 0.0546. The normalized spacial score (nSPS) is 23.0. The fourth-order valence-corrected chi connectivity index (χ4v) is 3.65. The van der Waals surface area contributed by atoms with Crippen LogP contribution in [-0.4, -0.2) is 39.3 Å². The van der Waals surface area contributed by atoms with E-state index in [4.69, 9.17) is 14.2 Å². The lowest BCUT2D eigenvalue weighted by Gasteiger charge is -2.38. The summed E-state index contributed by atoms with van der Waals surface area (Å²) >= 11 is 0. The average molecular weight is 303 g/mol. The molecule has 0 amide bonds. The minimum Gasteiger partial charge on any atom is -0.385 e. The molecule has 22 heavy (non-hydrogen) atoms. The standard InChI is InChI=1S/C15H21N5O2/c1-21-9-8-15(6-3-7-15)14-16-13(22-19-14)10-4-2-5-11-12(10)18-20-17-11/h10H,2-9H2,1H3,(H,17,18,20). The molecule has 1 N–H and O–H groups in total. The lowest BCUT2D eigenvalue weighted by atomic mass is 9.66. The fourth-order valence-electron chi connectivity index (χ4n) is 3.65. The molecule has 0 spiro atoms. The van der Waals surface area contributed by atoms with E-state index in [9.17, 15) is 0 Å². The van der Waals surface area contributed by atoms with Gasteiger partial charge in [-0.1, -0.05) is 11.6 Å². The third-order valence-electron chi connectivity index (χ3n) is 5.20. The highest BCUT2D eigenvalue weighted by atomic mass is 16.5. The lowest BCUT2D eigenvalue weighted by Crippen LogP contribution is -2.36. The first-order valence-corrected chi connectivity index (χ1v) is 8.05. The predicted molar refractivity (Wildman–Crippen MR) is 77.5 cm³/mol. The van der Waals surface area contributed by atoms with Crippen LogP contribution in [0.3, 0.4) is 0 Å². The van der Waals surface area contributed by atoms with Crippen LogP contribution in [0.25, 0.3) is 0 Å². The van der Waals surface area contributed by atoms with Crippen LogP contribution in [-0.2, 0) is 16.6 Å². The van der Waals surface area contributed by atoms with Gasteiger partial charge in [-0.25, -0.2) is 0 Å². The fraction of sp³-hybridized carbons (Fsp3) is 0.733. The Labute approximate surface area is 128 Å². The number of nitrogens with zero attached hydrogens (tertiary/aromatic N) is 4. The first kappa shape index (κ1) is 13.9. The maximum absolute atomic E-state index is 5.61. The molecule has 1 atom stereocenters. The van der Waals surface area contributed by atoms with Gasteiger partial charge < -0.3 is 9.26 Å². The van der Waals surface area contributed by atoms with Crippen molar-refractivity contribution in [1.29, 1.82) is 0 Å². The topological polar surface area (TPSA) is 89.7 Å². The zero-order valence-electron chi connectivity index (χ0n) is 12.8. The average Bonchev–Trinajstić information content (AvgIpc) is 3.15. The van der Waals surface area contributed by atoms with Crippen LogP contribution in [0.4, 0.5) is 0 Å². The Morgan fingerprint density at radius 1 is 1.32 bits per heavy atom. The van der Waals surface area contributed by atoms with Gasteiger partial charge in [0, 0.05) is 19.1 Å². The monoisotopic (exact) mass is 303 g/mol. The van der Waals surface area contributed by atoms with E-state index in [2.05, 4.69) is 20.6 Å². The lowest BCUT2D eigenvalue weighted by molar-refractivity contribution is 0.122. The molecule has 2 aliphatic carbocycles. The zero-order valence-corrected chi connectivity index (χ0v) is 12.8. The van der Waals surface area contributed by atoms with E-state index < -0.39 is 0 Å². The van der Waals surface area contributed by atoms with Gasteiger partial charge in [0.25, 0.3) is 0 Å². The summed E-state index contributed by atoms with van der Waals surface area (Å²) < 4.78 is 10.9. The smallest absolute Gasteiger partial charge is 0.235 e. The van der Waals surface area contributed by atoms with Gasteiger partial charge in [0.1, 0.15) is 0 Å². The van der Waals surface area contributed by atoms with E-state index in [1.165, 1.54) is 6.42 Å². The van der Waals surface area contributed by atoms with Gasteiger partial charge in [0.05, 0.1) is 17.3 Å². The molecule has 0 aliphatic heterocycles. The number of rotatable bonds is 5. The molecule has 2 aromatic rings. The van der Waals surface area contributed by atoms with Gasteiger partial charge in [0.15, 0.2) is 5.82 Å². The van der Waals surface area contributed by atoms with E-state index >= 15 is 0 Å². The van der Waals surface area contributed by atoms with Crippen LogP contribution < -0.4 is 0 Å². The van der Waals surface area contributed by atoms with Crippen molar-refractivity contribution in [1.82, 2.24) is 25.6 Å². The van der Waals surface area contributed by atoms with Crippen molar-refractivity contribution in [2.45, 2.75) is 56.3 Å². The highest BCUT2D eigenvalue weighted by Gasteiger charge is 2.43. The van der Waals surface area contributed by atoms with Crippen molar-refractivity contribution in [3.8, 4) is 0 Å². The Morgan fingerprint density at radius 3 is 3.00 bits per heavy atom. The number of methoxy groups -OCH3 is 1. The summed E-state index contributed by atoms with van der Waals surface area (Å²) in [5, 5.41) is 15.5. The molecule has 0 saturated heterocycles. The molecule has 2 aliphatic rings. The zero-order chi connectivity index (χ0) is 15.0. The van der Waals surface area contributed by atoms with E-state index in [0.717, 1.165) is 62.3 Å². The largest absolute Gasteiger partial charge is 0.385 e. The van der Waals surface area contributed by atoms with Crippen molar-refractivity contribution in [3.05, 3.63) is 23.1 Å². The van der Waals surface area contributed by atoms with Gasteiger partial charge in [0.2, 0.25) is 5.89 Å². The van der Waals surface area contributed by atoms with Gasteiger partial charge in [-0.2, -0.15) is 20.4 Å². The Morgan fingerprint density at radius 2 is 2.23 bits per heavy atom. The molecular weight excluding hydrogens is 282 g/mol. The summed E-state index contributed by atoms with van der Waals surface area (Å²) in [6.07, 6.45) is 7.47. The molecule has 2 heterocycles. The first-order chi connectivity index (χ1) is 10.8. The summed E-state index contributed by atoms with van der Waals surface area (Å²) in [5.74, 6) is 1.62. The molecule has 7 nitrogen and oxygen atoms in total. The van der Waals surface area contributed by atoms with Gasteiger partial charge in [-0.15, -0.1) is 0 Å². The summed E-state index contributed by atoms with van der Waals surface area (Å²) in [4.78, 5) is 4.74. The molecule has 0 bridgehead atoms. The number of aryl methyl sites for hydroxylation is 1. The Bertz CT molecular complexity index is 646. The summed E-state index contributed by atoms with van der Waals surface area (Å²) in [6, 6.07) is 0.